The van der Waals surface area contributed by atoms with Gasteiger partial charge in [-0.25, -0.2) is 4.79 Å². The van der Waals surface area contributed by atoms with E-state index in [4.69, 9.17) is 4.74 Å². The number of ether oxygens (including phenoxy) is 1. The standard InChI is InChI=1S/C15H15NO4/c1-10-14(13(9-18)12(8-17)7-16-10)20-15(19)11-5-3-2-4-6-11/h2-7,17-18H,8-9H2,1H3. The molecule has 0 fully saturated rings. The number of nitrogens with zero attached hydrogens (tertiary/aromatic N) is 1. The van der Waals surface area contributed by atoms with Gasteiger partial charge in [0.15, 0.2) is 5.75 Å². The lowest BCUT2D eigenvalue weighted by Crippen LogP contribution is -2.12. The first-order valence-corrected chi connectivity index (χ1v) is 6.13. The molecule has 0 aliphatic rings. The van der Waals surface area contributed by atoms with Crippen LogP contribution in [0.2, 0.25) is 0 Å². The van der Waals surface area contributed by atoms with Crippen LogP contribution in [0, 0.1) is 6.92 Å². The molecule has 2 N–H and O–H groups in total. The van der Waals surface area contributed by atoms with E-state index in [0.717, 1.165) is 0 Å². The Labute approximate surface area is 116 Å². The van der Waals surface area contributed by atoms with Crippen LogP contribution in [0.5, 0.6) is 5.75 Å². The number of carbonyl (C=O) groups is 1. The number of hydrogen-bond acceptors (Lipinski definition) is 5. The molecule has 0 atom stereocenters. The van der Waals surface area contributed by atoms with Crippen molar-refractivity contribution in [2.75, 3.05) is 0 Å². The quantitative estimate of drug-likeness (QED) is 0.827. The van der Waals surface area contributed by atoms with E-state index in [-0.39, 0.29) is 19.0 Å². The van der Waals surface area contributed by atoms with Crippen molar-refractivity contribution < 1.29 is 19.7 Å². The van der Waals surface area contributed by atoms with Crippen LogP contribution in [0.3, 0.4) is 0 Å². The van der Waals surface area contributed by atoms with Crippen molar-refractivity contribution in [2.45, 2.75) is 20.1 Å². The second-order valence-electron chi connectivity index (χ2n) is 4.25. The number of hydrogen-bond donors (Lipinski definition) is 2. The van der Waals surface area contributed by atoms with E-state index in [9.17, 15) is 15.0 Å². The molecule has 1 aromatic heterocycles. The summed E-state index contributed by atoms with van der Waals surface area (Å²) in [5.74, 6) is -0.326. The van der Waals surface area contributed by atoms with Crippen LogP contribution in [0.4, 0.5) is 0 Å². The maximum Gasteiger partial charge on any atom is 0.343 e. The molecule has 1 aromatic carbocycles. The molecule has 0 unspecified atom stereocenters. The molecular formula is C15H15NO4. The Morgan fingerprint density at radius 2 is 1.90 bits per heavy atom. The fourth-order valence-electron chi connectivity index (χ4n) is 1.85. The van der Waals surface area contributed by atoms with Crippen molar-refractivity contribution >= 4 is 5.97 Å². The van der Waals surface area contributed by atoms with Crippen LogP contribution in [-0.4, -0.2) is 21.2 Å². The number of aliphatic hydroxyl groups excluding tert-OH is 2. The zero-order chi connectivity index (χ0) is 14.5. The summed E-state index contributed by atoms with van der Waals surface area (Å²) in [5, 5.41) is 18.6. The van der Waals surface area contributed by atoms with E-state index in [0.29, 0.717) is 22.4 Å². The summed E-state index contributed by atoms with van der Waals surface area (Å²) in [6.07, 6.45) is 1.46. The van der Waals surface area contributed by atoms with Gasteiger partial charge in [0.05, 0.1) is 24.5 Å². The summed E-state index contributed by atoms with van der Waals surface area (Å²) in [6.45, 7) is 1.06. The summed E-state index contributed by atoms with van der Waals surface area (Å²) in [5.41, 5.74) is 1.71. The van der Waals surface area contributed by atoms with Crippen molar-refractivity contribution in [1.82, 2.24) is 4.98 Å². The zero-order valence-electron chi connectivity index (χ0n) is 11.0. The van der Waals surface area contributed by atoms with Gasteiger partial charge in [-0.3, -0.25) is 4.98 Å². The molecule has 104 valence electrons. The van der Waals surface area contributed by atoms with Crippen molar-refractivity contribution in [3.8, 4) is 5.75 Å². The molecule has 2 aromatic rings. The molecule has 20 heavy (non-hydrogen) atoms. The van der Waals surface area contributed by atoms with Crippen LogP contribution in [0.1, 0.15) is 27.2 Å². The zero-order valence-corrected chi connectivity index (χ0v) is 11.0. The third-order valence-electron chi connectivity index (χ3n) is 2.94. The predicted octanol–water partition coefficient (Wildman–Crippen LogP) is 1.59. The van der Waals surface area contributed by atoms with E-state index < -0.39 is 5.97 Å². The smallest absolute Gasteiger partial charge is 0.343 e. The summed E-state index contributed by atoms with van der Waals surface area (Å²) < 4.78 is 5.32. The monoisotopic (exact) mass is 273 g/mol. The van der Waals surface area contributed by atoms with E-state index >= 15 is 0 Å². The number of pyridine rings is 1. The maximum atomic E-state index is 12.0. The molecule has 0 aliphatic carbocycles. The van der Waals surface area contributed by atoms with E-state index in [1.807, 2.05) is 0 Å². The molecule has 0 aliphatic heterocycles. The van der Waals surface area contributed by atoms with E-state index in [2.05, 4.69) is 4.98 Å². The average molecular weight is 273 g/mol. The summed E-state index contributed by atoms with van der Waals surface area (Å²) in [6, 6.07) is 8.55. The number of aryl methyl sites for hydroxylation is 1. The van der Waals surface area contributed by atoms with Crippen LogP contribution >= 0.6 is 0 Å². The molecule has 0 amide bonds. The fourth-order valence-corrected chi connectivity index (χ4v) is 1.85. The minimum absolute atomic E-state index is 0.202. The highest BCUT2D eigenvalue weighted by Crippen LogP contribution is 2.26. The van der Waals surface area contributed by atoms with E-state index in [1.165, 1.54) is 6.20 Å². The third kappa shape index (κ3) is 2.84. The van der Waals surface area contributed by atoms with Crippen LogP contribution in [0.25, 0.3) is 0 Å². The topological polar surface area (TPSA) is 79.7 Å². The van der Waals surface area contributed by atoms with Gasteiger partial charge in [0.25, 0.3) is 0 Å². The van der Waals surface area contributed by atoms with Crippen molar-refractivity contribution in [3.63, 3.8) is 0 Å². The number of esters is 1. The Bertz CT molecular complexity index is 611. The van der Waals surface area contributed by atoms with Crippen molar-refractivity contribution in [3.05, 3.63) is 58.9 Å². The van der Waals surface area contributed by atoms with Gasteiger partial charge < -0.3 is 14.9 Å². The second-order valence-corrected chi connectivity index (χ2v) is 4.25. The van der Waals surface area contributed by atoms with Crippen molar-refractivity contribution in [1.29, 1.82) is 0 Å². The predicted molar refractivity (Wildman–Crippen MR) is 72.2 cm³/mol. The summed E-state index contributed by atoms with van der Waals surface area (Å²) in [7, 11) is 0. The lowest BCUT2D eigenvalue weighted by atomic mass is 10.1. The Morgan fingerprint density at radius 1 is 1.20 bits per heavy atom. The van der Waals surface area contributed by atoms with Gasteiger partial charge in [-0.2, -0.15) is 0 Å². The first-order chi connectivity index (χ1) is 9.67. The number of rotatable bonds is 4. The molecule has 1 heterocycles. The van der Waals surface area contributed by atoms with Crippen LogP contribution in [-0.2, 0) is 13.2 Å². The molecule has 5 nitrogen and oxygen atoms in total. The van der Waals surface area contributed by atoms with Crippen LogP contribution < -0.4 is 4.74 Å². The molecule has 0 bridgehead atoms. The minimum atomic E-state index is -0.528. The van der Waals surface area contributed by atoms with Gasteiger partial charge in [0.1, 0.15) is 0 Å². The number of aromatic nitrogens is 1. The molecule has 2 rings (SSSR count). The average Bonchev–Trinajstić information content (AvgIpc) is 2.49. The first-order valence-electron chi connectivity index (χ1n) is 6.13. The third-order valence-corrected chi connectivity index (χ3v) is 2.94. The number of aliphatic hydroxyl groups is 2. The fraction of sp³-hybridized carbons (Fsp3) is 0.200. The lowest BCUT2D eigenvalue weighted by molar-refractivity contribution is 0.0728. The highest BCUT2D eigenvalue weighted by Gasteiger charge is 2.17. The molecule has 0 saturated carbocycles. The Morgan fingerprint density at radius 3 is 2.50 bits per heavy atom. The van der Waals surface area contributed by atoms with Gasteiger partial charge in [-0.1, -0.05) is 18.2 Å². The second kappa shape index (κ2) is 6.27. The first kappa shape index (κ1) is 14.2. The Balaban J connectivity index is 2.36. The summed E-state index contributed by atoms with van der Waals surface area (Å²) in [4.78, 5) is 16.1. The summed E-state index contributed by atoms with van der Waals surface area (Å²) >= 11 is 0. The van der Waals surface area contributed by atoms with Gasteiger partial charge >= 0.3 is 5.97 Å². The SMILES string of the molecule is Cc1ncc(CO)c(CO)c1OC(=O)c1ccccc1. The number of carbonyl (C=O) groups excluding carboxylic acids is 1. The Hall–Kier alpha value is -2.24. The van der Waals surface area contributed by atoms with Gasteiger partial charge in [0.2, 0.25) is 0 Å². The normalized spacial score (nSPS) is 10.3. The van der Waals surface area contributed by atoms with Gasteiger partial charge in [-0.15, -0.1) is 0 Å². The molecular weight excluding hydrogens is 258 g/mol. The van der Waals surface area contributed by atoms with Crippen LogP contribution in [0.15, 0.2) is 36.5 Å². The number of benzene rings is 1. The van der Waals surface area contributed by atoms with Gasteiger partial charge in [-0.05, 0) is 19.1 Å². The highest BCUT2D eigenvalue weighted by atomic mass is 16.5. The highest BCUT2D eigenvalue weighted by molar-refractivity contribution is 5.91. The molecule has 0 radical (unpaired) electrons. The maximum absolute atomic E-state index is 12.0. The van der Waals surface area contributed by atoms with Crippen molar-refractivity contribution in [2.24, 2.45) is 0 Å². The lowest BCUT2D eigenvalue weighted by Gasteiger charge is -2.13. The molecule has 5 heteroatoms. The minimum Gasteiger partial charge on any atom is -0.421 e. The Kier molecular flexibility index (Phi) is 4.45. The largest absolute Gasteiger partial charge is 0.421 e. The molecule has 0 spiro atoms. The van der Waals surface area contributed by atoms with Gasteiger partial charge in [0, 0.05) is 17.3 Å². The van der Waals surface area contributed by atoms with E-state index in [1.54, 1.807) is 37.3 Å². The molecule has 0 saturated heterocycles.